The summed E-state index contributed by atoms with van der Waals surface area (Å²) in [7, 11) is 4.80. The quantitative estimate of drug-likeness (QED) is 0.742. The third kappa shape index (κ3) is 3.82. The molecule has 22 heavy (non-hydrogen) atoms. The molecular weight excluding hydrogens is 286 g/mol. The molecule has 0 amide bonds. The molecule has 124 valence electrons. The van der Waals surface area contributed by atoms with Crippen LogP contribution in [0.4, 0.5) is 0 Å². The summed E-state index contributed by atoms with van der Waals surface area (Å²) >= 11 is 0. The fraction of sp³-hybridized carbons (Fsp3) is 0.625. The second kappa shape index (κ2) is 8.22. The molecule has 6 heteroatoms. The van der Waals surface area contributed by atoms with Gasteiger partial charge in [0.05, 0.1) is 34.0 Å². The zero-order valence-electron chi connectivity index (χ0n) is 13.5. The standard InChI is InChI=1S/C16H25NO5/c1-18-13-9-11(10-14(19-2)16(13)20-3)12-5-6-15(22-12)21-8-4-7-17/h9-10,12,15H,4-8,17H2,1-3H3. The van der Waals surface area contributed by atoms with Gasteiger partial charge in [0.15, 0.2) is 17.8 Å². The van der Waals surface area contributed by atoms with E-state index in [0.717, 1.165) is 24.8 Å². The topological polar surface area (TPSA) is 72.2 Å². The van der Waals surface area contributed by atoms with Crippen LogP contribution in [0.2, 0.25) is 0 Å². The SMILES string of the molecule is COc1cc(C2CCC(OCCCN)O2)cc(OC)c1OC. The molecule has 2 atom stereocenters. The van der Waals surface area contributed by atoms with E-state index in [9.17, 15) is 0 Å². The van der Waals surface area contributed by atoms with E-state index in [2.05, 4.69) is 0 Å². The van der Waals surface area contributed by atoms with Crippen molar-refractivity contribution >= 4 is 0 Å². The average molecular weight is 311 g/mol. The number of benzene rings is 1. The maximum Gasteiger partial charge on any atom is 0.203 e. The van der Waals surface area contributed by atoms with E-state index in [-0.39, 0.29) is 12.4 Å². The third-order valence-corrected chi connectivity index (χ3v) is 3.69. The Morgan fingerprint density at radius 3 is 2.32 bits per heavy atom. The van der Waals surface area contributed by atoms with Crippen molar-refractivity contribution in [3.8, 4) is 17.2 Å². The number of methoxy groups -OCH3 is 3. The van der Waals surface area contributed by atoms with Gasteiger partial charge in [-0.3, -0.25) is 0 Å². The Labute approximate surface area is 131 Å². The lowest BCUT2D eigenvalue weighted by atomic mass is 10.1. The maximum absolute atomic E-state index is 5.95. The molecule has 1 aliphatic heterocycles. The van der Waals surface area contributed by atoms with Crippen LogP contribution in [0.3, 0.4) is 0 Å². The molecule has 0 aliphatic carbocycles. The minimum absolute atomic E-state index is 0.0309. The summed E-state index contributed by atoms with van der Waals surface area (Å²) in [5.41, 5.74) is 6.46. The molecule has 0 aromatic heterocycles. The van der Waals surface area contributed by atoms with Crippen LogP contribution in [0, 0.1) is 0 Å². The van der Waals surface area contributed by atoms with Crippen LogP contribution in [-0.4, -0.2) is 40.8 Å². The number of rotatable bonds is 8. The molecule has 1 heterocycles. The van der Waals surface area contributed by atoms with Crippen molar-refractivity contribution in [2.75, 3.05) is 34.5 Å². The molecule has 0 saturated carbocycles. The van der Waals surface area contributed by atoms with Crippen LogP contribution < -0.4 is 19.9 Å². The van der Waals surface area contributed by atoms with Gasteiger partial charge < -0.3 is 29.4 Å². The van der Waals surface area contributed by atoms with Crippen molar-refractivity contribution in [3.05, 3.63) is 17.7 Å². The van der Waals surface area contributed by atoms with Crippen molar-refractivity contribution in [2.45, 2.75) is 31.7 Å². The first-order valence-corrected chi connectivity index (χ1v) is 7.50. The van der Waals surface area contributed by atoms with Gasteiger partial charge >= 0.3 is 0 Å². The normalized spacial score (nSPS) is 20.9. The van der Waals surface area contributed by atoms with E-state index in [1.54, 1.807) is 21.3 Å². The summed E-state index contributed by atoms with van der Waals surface area (Å²) in [5.74, 6) is 1.85. The zero-order valence-corrected chi connectivity index (χ0v) is 13.5. The molecule has 1 saturated heterocycles. The van der Waals surface area contributed by atoms with Crippen molar-refractivity contribution in [2.24, 2.45) is 5.73 Å². The Balaban J connectivity index is 2.09. The second-order valence-electron chi connectivity index (χ2n) is 5.10. The van der Waals surface area contributed by atoms with Crippen LogP contribution in [0.1, 0.15) is 30.9 Å². The lowest BCUT2D eigenvalue weighted by Gasteiger charge is -2.18. The number of hydrogen-bond acceptors (Lipinski definition) is 6. The van der Waals surface area contributed by atoms with E-state index in [4.69, 9.17) is 29.4 Å². The summed E-state index contributed by atoms with van der Waals surface area (Å²) in [6, 6.07) is 3.85. The molecule has 2 rings (SSSR count). The Hall–Kier alpha value is -1.50. The minimum Gasteiger partial charge on any atom is -0.493 e. The first kappa shape index (κ1) is 16.9. The molecule has 6 nitrogen and oxygen atoms in total. The highest BCUT2D eigenvalue weighted by Crippen LogP contribution is 2.43. The van der Waals surface area contributed by atoms with Gasteiger partial charge in [0.1, 0.15) is 0 Å². The van der Waals surface area contributed by atoms with E-state index in [1.165, 1.54) is 0 Å². The number of ether oxygens (including phenoxy) is 5. The van der Waals surface area contributed by atoms with Crippen molar-refractivity contribution in [3.63, 3.8) is 0 Å². The number of hydrogen-bond donors (Lipinski definition) is 1. The number of nitrogens with two attached hydrogens (primary N) is 1. The molecule has 1 aromatic rings. The van der Waals surface area contributed by atoms with Gasteiger partial charge in [-0.25, -0.2) is 0 Å². The summed E-state index contributed by atoms with van der Waals surface area (Å²) in [4.78, 5) is 0. The lowest BCUT2D eigenvalue weighted by Crippen LogP contribution is -2.14. The van der Waals surface area contributed by atoms with E-state index < -0.39 is 0 Å². The predicted molar refractivity (Wildman–Crippen MR) is 82.6 cm³/mol. The van der Waals surface area contributed by atoms with Crippen LogP contribution in [0.25, 0.3) is 0 Å². The maximum atomic E-state index is 5.95. The molecule has 2 unspecified atom stereocenters. The monoisotopic (exact) mass is 311 g/mol. The lowest BCUT2D eigenvalue weighted by molar-refractivity contribution is -0.134. The average Bonchev–Trinajstić information content (AvgIpc) is 3.02. The molecule has 0 spiro atoms. The van der Waals surface area contributed by atoms with Crippen molar-refractivity contribution in [1.82, 2.24) is 0 Å². The summed E-state index contributed by atoms with van der Waals surface area (Å²) in [5, 5.41) is 0. The van der Waals surface area contributed by atoms with Gasteiger partial charge in [0.2, 0.25) is 5.75 Å². The van der Waals surface area contributed by atoms with Crippen LogP contribution in [0.5, 0.6) is 17.2 Å². The van der Waals surface area contributed by atoms with Crippen LogP contribution in [0.15, 0.2) is 12.1 Å². The molecule has 1 aromatic carbocycles. The summed E-state index contributed by atoms with van der Waals surface area (Å²) in [6.45, 7) is 1.26. The first-order chi connectivity index (χ1) is 10.7. The third-order valence-electron chi connectivity index (χ3n) is 3.69. The van der Waals surface area contributed by atoms with E-state index in [0.29, 0.717) is 30.4 Å². The van der Waals surface area contributed by atoms with Crippen molar-refractivity contribution in [1.29, 1.82) is 0 Å². The Bertz CT molecular complexity index is 455. The van der Waals surface area contributed by atoms with Crippen molar-refractivity contribution < 1.29 is 23.7 Å². The predicted octanol–water partition coefficient (Wildman–Crippen LogP) is 2.26. The Kier molecular flexibility index (Phi) is 6.30. The van der Waals surface area contributed by atoms with E-state index in [1.807, 2.05) is 12.1 Å². The van der Waals surface area contributed by atoms with Gasteiger partial charge in [-0.05, 0) is 37.1 Å². The molecule has 0 radical (unpaired) electrons. The summed E-state index contributed by atoms with van der Waals surface area (Å²) in [6.07, 6.45) is 2.40. The largest absolute Gasteiger partial charge is 0.493 e. The van der Waals surface area contributed by atoms with Crippen LogP contribution in [-0.2, 0) is 9.47 Å². The first-order valence-electron chi connectivity index (χ1n) is 7.50. The van der Waals surface area contributed by atoms with Gasteiger partial charge in [-0.15, -0.1) is 0 Å². The Morgan fingerprint density at radius 2 is 1.77 bits per heavy atom. The molecule has 2 N–H and O–H groups in total. The summed E-state index contributed by atoms with van der Waals surface area (Å²) < 4.78 is 27.7. The van der Waals surface area contributed by atoms with Gasteiger partial charge in [-0.2, -0.15) is 0 Å². The smallest absolute Gasteiger partial charge is 0.203 e. The fourth-order valence-corrected chi connectivity index (χ4v) is 2.56. The highest BCUT2D eigenvalue weighted by Gasteiger charge is 2.28. The highest BCUT2D eigenvalue weighted by molar-refractivity contribution is 5.54. The molecule has 0 bridgehead atoms. The minimum atomic E-state index is -0.171. The second-order valence-corrected chi connectivity index (χ2v) is 5.10. The van der Waals surface area contributed by atoms with Gasteiger partial charge in [0.25, 0.3) is 0 Å². The van der Waals surface area contributed by atoms with E-state index >= 15 is 0 Å². The zero-order chi connectivity index (χ0) is 15.9. The molecule has 1 fully saturated rings. The fourth-order valence-electron chi connectivity index (χ4n) is 2.56. The molecular formula is C16H25NO5. The van der Waals surface area contributed by atoms with Gasteiger partial charge in [0, 0.05) is 6.42 Å². The Morgan fingerprint density at radius 1 is 1.09 bits per heavy atom. The highest BCUT2D eigenvalue weighted by atomic mass is 16.7. The molecule has 1 aliphatic rings. The van der Waals surface area contributed by atoms with Gasteiger partial charge in [-0.1, -0.05) is 0 Å². The van der Waals surface area contributed by atoms with Crippen LogP contribution >= 0.6 is 0 Å².